The molecule has 0 saturated carbocycles. The molecule has 0 radical (unpaired) electrons. The predicted octanol–water partition coefficient (Wildman–Crippen LogP) is 3.17. The molecule has 0 saturated heterocycles. The van der Waals surface area contributed by atoms with Crippen molar-refractivity contribution in [2.75, 3.05) is 25.4 Å². The molecule has 0 aliphatic heterocycles. The zero-order valence-corrected chi connectivity index (χ0v) is 24.1. The first-order chi connectivity index (χ1) is 18.4. The average molecular weight is 573 g/mol. The van der Waals surface area contributed by atoms with E-state index in [9.17, 15) is 27.1 Å². The van der Waals surface area contributed by atoms with Crippen LogP contribution in [0.15, 0.2) is 28.8 Å². The molecule has 0 aliphatic carbocycles. The monoisotopic (exact) mass is 572 g/mol. The second-order valence-electron chi connectivity index (χ2n) is 10.2. The molecular weight excluding hydrogens is 530 g/mol. The highest BCUT2D eigenvalue weighted by Gasteiger charge is 2.25. The van der Waals surface area contributed by atoms with Crippen LogP contribution >= 0.6 is 0 Å². The number of nitrogens with one attached hydrogen (secondary N) is 2. The van der Waals surface area contributed by atoms with Crippen LogP contribution < -0.4 is 10.6 Å². The number of benzene rings is 1. The summed E-state index contributed by atoms with van der Waals surface area (Å²) in [5, 5.41) is 20.6. The van der Waals surface area contributed by atoms with E-state index in [0.29, 0.717) is 37.6 Å². The Morgan fingerprint density at radius 3 is 2.31 bits per heavy atom. The molecule has 1 aromatic carbocycles. The molecule has 0 spiro atoms. The average Bonchev–Trinajstić information content (AvgIpc) is 3.28. The van der Waals surface area contributed by atoms with Gasteiger partial charge in [-0.05, 0) is 49.3 Å². The largest absolute Gasteiger partial charge is 0.390 e. The Hall–Kier alpha value is -2.41. The van der Waals surface area contributed by atoms with Crippen molar-refractivity contribution in [1.29, 1.82) is 0 Å². The van der Waals surface area contributed by atoms with Crippen molar-refractivity contribution in [2.45, 2.75) is 78.5 Å². The van der Waals surface area contributed by atoms with Crippen LogP contribution in [0, 0.1) is 17.6 Å². The number of hydrogen-bond donors (Lipinski definition) is 3. The first-order valence-electron chi connectivity index (χ1n) is 13.5. The maximum Gasteiger partial charge on any atom is 0.221 e. The van der Waals surface area contributed by atoms with Crippen LogP contribution in [0.4, 0.5) is 8.78 Å². The molecule has 220 valence electrons. The molecule has 1 amide bonds. The van der Waals surface area contributed by atoms with Crippen molar-refractivity contribution >= 4 is 15.9 Å². The molecular formula is C27H42F2N4O5S. The van der Waals surface area contributed by atoms with Crippen molar-refractivity contribution in [3.8, 4) is 0 Å². The first kappa shape index (κ1) is 32.8. The molecule has 3 N–H and O–H groups in total. The number of rotatable bonds is 18. The maximum atomic E-state index is 13.8. The van der Waals surface area contributed by atoms with Gasteiger partial charge in [0, 0.05) is 38.2 Å². The van der Waals surface area contributed by atoms with Crippen molar-refractivity contribution in [3.05, 3.63) is 52.9 Å². The summed E-state index contributed by atoms with van der Waals surface area (Å²) < 4.78 is 59.7. The van der Waals surface area contributed by atoms with Crippen LogP contribution in [-0.4, -0.2) is 66.4 Å². The van der Waals surface area contributed by atoms with Crippen molar-refractivity contribution in [3.63, 3.8) is 0 Å². The molecule has 2 atom stereocenters. The first-order valence-corrected chi connectivity index (χ1v) is 15.1. The molecule has 2 aromatic rings. The van der Waals surface area contributed by atoms with E-state index in [1.807, 2.05) is 19.9 Å². The summed E-state index contributed by atoms with van der Waals surface area (Å²) in [6, 6.07) is 3.90. The van der Waals surface area contributed by atoms with Crippen molar-refractivity contribution in [1.82, 2.24) is 20.1 Å². The fourth-order valence-corrected chi connectivity index (χ4v) is 5.85. The highest BCUT2D eigenvalue weighted by molar-refractivity contribution is 7.89. The fraction of sp³-hybridized carbons (Fsp3) is 0.630. The maximum absolute atomic E-state index is 13.8. The van der Waals surface area contributed by atoms with E-state index < -0.39 is 39.7 Å². The Balaban J connectivity index is 2.04. The number of hydrogen-bond acceptors (Lipinski definition) is 7. The van der Waals surface area contributed by atoms with Gasteiger partial charge in [-0.25, -0.2) is 21.5 Å². The van der Waals surface area contributed by atoms with Gasteiger partial charge < -0.3 is 20.3 Å². The number of aliphatic hydroxyl groups is 1. The van der Waals surface area contributed by atoms with Crippen LogP contribution in [0.25, 0.3) is 0 Å². The molecule has 1 aromatic heterocycles. The summed E-state index contributed by atoms with van der Waals surface area (Å²) in [5.74, 6) is -1.50. The van der Waals surface area contributed by atoms with Crippen LogP contribution in [0.1, 0.15) is 64.0 Å². The number of aliphatic hydroxyl groups excluding tert-OH is 1. The van der Waals surface area contributed by atoms with Crippen LogP contribution in [0.2, 0.25) is 0 Å². The summed E-state index contributed by atoms with van der Waals surface area (Å²) in [5.41, 5.74) is 1.07. The van der Waals surface area contributed by atoms with Gasteiger partial charge in [-0.15, -0.1) is 0 Å². The van der Waals surface area contributed by atoms with E-state index in [2.05, 4.69) is 29.6 Å². The van der Waals surface area contributed by atoms with Gasteiger partial charge in [0.25, 0.3) is 0 Å². The van der Waals surface area contributed by atoms with Gasteiger partial charge in [-0.3, -0.25) is 4.79 Å². The standard InChI is InChI=1S/C27H42F2N4O5S/c1-5-8-33(9-6-2)39(36,37)10-7-27(35)31-25(14-20-12-21(28)15-22(29)13-20)26(34)18-30-17-24-16-23(32-38-24)11-19(3)4/h12-13,15-16,19,25-26,30,34H,5-11,14,17-18H2,1-4H3,(H,31,35). The van der Waals surface area contributed by atoms with Crippen LogP contribution in [0.3, 0.4) is 0 Å². The van der Waals surface area contributed by atoms with Crippen molar-refractivity contribution in [2.24, 2.45) is 5.92 Å². The number of sulfonamides is 1. The lowest BCUT2D eigenvalue weighted by atomic mass is 10.0. The zero-order valence-electron chi connectivity index (χ0n) is 23.3. The summed E-state index contributed by atoms with van der Waals surface area (Å²) >= 11 is 0. The minimum Gasteiger partial charge on any atom is -0.390 e. The minimum atomic E-state index is -3.64. The number of carbonyl (C=O) groups is 1. The minimum absolute atomic E-state index is 0.0298. The van der Waals surface area contributed by atoms with Gasteiger partial charge in [0.15, 0.2) is 5.76 Å². The molecule has 0 bridgehead atoms. The fourth-order valence-electron chi connectivity index (χ4n) is 4.22. The lowest BCUT2D eigenvalue weighted by Gasteiger charge is -2.25. The van der Waals surface area contributed by atoms with Crippen molar-refractivity contribution < 1.29 is 31.6 Å². The third-order valence-corrected chi connectivity index (χ3v) is 7.87. The van der Waals surface area contributed by atoms with Gasteiger partial charge in [-0.1, -0.05) is 32.9 Å². The Morgan fingerprint density at radius 2 is 1.72 bits per heavy atom. The summed E-state index contributed by atoms with van der Waals surface area (Å²) in [7, 11) is -3.64. The molecule has 39 heavy (non-hydrogen) atoms. The number of nitrogens with zero attached hydrogens (tertiary/aromatic N) is 2. The van der Waals surface area contributed by atoms with Gasteiger partial charge in [0.2, 0.25) is 15.9 Å². The lowest BCUT2D eigenvalue weighted by molar-refractivity contribution is -0.122. The Morgan fingerprint density at radius 1 is 1.08 bits per heavy atom. The molecule has 0 fully saturated rings. The van der Waals surface area contributed by atoms with Gasteiger partial charge >= 0.3 is 0 Å². The molecule has 2 unspecified atom stereocenters. The predicted molar refractivity (Wildman–Crippen MR) is 145 cm³/mol. The highest BCUT2D eigenvalue weighted by atomic mass is 32.2. The van der Waals surface area contributed by atoms with E-state index in [1.165, 1.54) is 4.31 Å². The normalized spacial score (nSPS) is 13.7. The van der Waals surface area contributed by atoms with Crippen LogP contribution in [-0.2, 0) is 34.2 Å². The van der Waals surface area contributed by atoms with E-state index >= 15 is 0 Å². The quantitative estimate of drug-likeness (QED) is 0.251. The number of carbonyl (C=O) groups excluding carboxylic acids is 1. The van der Waals surface area contributed by atoms with Crippen LogP contribution in [0.5, 0.6) is 0 Å². The molecule has 1 heterocycles. The van der Waals surface area contributed by atoms with E-state index in [1.54, 1.807) is 0 Å². The Bertz CT molecular complexity index is 1120. The SMILES string of the molecule is CCCN(CCC)S(=O)(=O)CCC(=O)NC(Cc1cc(F)cc(F)c1)C(O)CNCc1cc(CC(C)C)no1. The molecule has 2 rings (SSSR count). The Kier molecular flexibility index (Phi) is 13.5. The zero-order chi connectivity index (χ0) is 29.0. The number of halogens is 2. The van der Waals surface area contributed by atoms with E-state index in [0.717, 1.165) is 30.3 Å². The molecule has 0 aliphatic rings. The summed E-state index contributed by atoms with van der Waals surface area (Å²) in [6.45, 7) is 8.97. The van der Waals surface area contributed by atoms with Gasteiger partial charge in [0.1, 0.15) is 11.6 Å². The van der Waals surface area contributed by atoms with Gasteiger partial charge in [-0.2, -0.15) is 0 Å². The second kappa shape index (κ2) is 16.0. The summed E-state index contributed by atoms with van der Waals surface area (Å²) in [4.78, 5) is 12.8. The third-order valence-electron chi connectivity index (χ3n) is 5.99. The number of amides is 1. The van der Waals surface area contributed by atoms with E-state index in [-0.39, 0.29) is 37.2 Å². The summed E-state index contributed by atoms with van der Waals surface area (Å²) in [6.07, 6.45) is 0.570. The molecule has 9 nitrogen and oxygen atoms in total. The lowest BCUT2D eigenvalue weighted by Crippen LogP contribution is -2.49. The Labute approximate surface area is 230 Å². The second-order valence-corrected chi connectivity index (χ2v) is 12.3. The smallest absolute Gasteiger partial charge is 0.221 e. The molecule has 12 heteroatoms. The highest BCUT2D eigenvalue weighted by Crippen LogP contribution is 2.13. The number of aromatic nitrogens is 1. The topological polar surface area (TPSA) is 125 Å². The van der Waals surface area contributed by atoms with Gasteiger partial charge in [0.05, 0.1) is 30.1 Å². The third kappa shape index (κ3) is 11.7. The van der Waals surface area contributed by atoms with E-state index in [4.69, 9.17) is 4.52 Å².